The van der Waals surface area contributed by atoms with E-state index in [4.69, 9.17) is 0 Å². The maximum Gasteiger partial charge on any atom is 0.310 e. The molecule has 0 bridgehead atoms. The monoisotopic (exact) mass is 239 g/mol. The van der Waals surface area contributed by atoms with Crippen LogP contribution < -0.4 is 5.32 Å². The molecule has 1 amide bonds. The molecule has 4 nitrogen and oxygen atoms in total. The lowest BCUT2D eigenvalue weighted by Gasteiger charge is -2.44. The normalized spacial score (nSPS) is 24.3. The Hall–Kier alpha value is -1.06. The zero-order valence-corrected chi connectivity index (χ0v) is 10.4. The van der Waals surface area contributed by atoms with Crippen LogP contribution in [0.15, 0.2) is 0 Å². The van der Waals surface area contributed by atoms with Gasteiger partial charge in [-0.3, -0.25) is 9.59 Å². The summed E-state index contributed by atoms with van der Waals surface area (Å²) in [6.45, 7) is 2.08. The van der Waals surface area contributed by atoms with Gasteiger partial charge in [0, 0.05) is 12.0 Å². The molecule has 0 aromatic heterocycles. The van der Waals surface area contributed by atoms with Gasteiger partial charge in [0.15, 0.2) is 0 Å². The molecule has 0 heterocycles. The van der Waals surface area contributed by atoms with Crippen molar-refractivity contribution in [2.45, 2.75) is 63.8 Å². The molecule has 0 aliphatic heterocycles. The first kappa shape index (κ1) is 12.4. The van der Waals surface area contributed by atoms with Gasteiger partial charge in [-0.25, -0.2) is 0 Å². The molecule has 2 fully saturated rings. The van der Waals surface area contributed by atoms with Crippen LogP contribution in [-0.2, 0) is 9.59 Å². The van der Waals surface area contributed by atoms with Crippen molar-refractivity contribution in [1.82, 2.24) is 5.32 Å². The van der Waals surface area contributed by atoms with E-state index in [0.717, 1.165) is 32.1 Å². The summed E-state index contributed by atoms with van der Waals surface area (Å²) in [5.41, 5.74) is -0.788. The number of carboxylic acids is 1. The summed E-state index contributed by atoms with van der Waals surface area (Å²) in [4.78, 5) is 23.1. The van der Waals surface area contributed by atoms with Gasteiger partial charge < -0.3 is 10.4 Å². The first-order valence-corrected chi connectivity index (χ1v) is 6.56. The van der Waals surface area contributed by atoms with Crippen molar-refractivity contribution in [2.24, 2.45) is 5.41 Å². The Labute approximate surface area is 102 Å². The summed E-state index contributed by atoms with van der Waals surface area (Å²) in [5.74, 6) is -0.883. The van der Waals surface area contributed by atoms with Crippen molar-refractivity contribution < 1.29 is 14.7 Å². The van der Waals surface area contributed by atoms with Gasteiger partial charge in [-0.2, -0.15) is 0 Å². The van der Waals surface area contributed by atoms with Crippen molar-refractivity contribution in [1.29, 1.82) is 0 Å². The molecular weight excluding hydrogens is 218 g/mol. The van der Waals surface area contributed by atoms with Gasteiger partial charge >= 0.3 is 5.97 Å². The molecule has 17 heavy (non-hydrogen) atoms. The highest BCUT2D eigenvalue weighted by Gasteiger charge is 2.47. The van der Waals surface area contributed by atoms with Crippen molar-refractivity contribution in [2.75, 3.05) is 0 Å². The summed E-state index contributed by atoms with van der Waals surface area (Å²) in [5, 5.41) is 12.2. The van der Waals surface area contributed by atoms with Crippen molar-refractivity contribution in [3.05, 3.63) is 0 Å². The quantitative estimate of drug-likeness (QED) is 0.772. The number of nitrogens with one attached hydrogen (secondary N) is 1. The minimum atomic E-state index is -0.807. The Morgan fingerprint density at radius 3 is 2.06 bits per heavy atom. The number of amides is 1. The minimum Gasteiger partial charge on any atom is -0.481 e. The van der Waals surface area contributed by atoms with E-state index in [-0.39, 0.29) is 17.9 Å². The van der Waals surface area contributed by atoms with Crippen LogP contribution in [0.2, 0.25) is 0 Å². The maximum absolute atomic E-state index is 11.9. The van der Waals surface area contributed by atoms with E-state index in [1.807, 2.05) is 0 Å². The van der Waals surface area contributed by atoms with Crippen molar-refractivity contribution in [3.63, 3.8) is 0 Å². The van der Waals surface area contributed by atoms with Crippen LogP contribution in [0.3, 0.4) is 0 Å². The minimum absolute atomic E-state index is 0.0273. The van der Waals surface area contributed by atoms with Gasteiger partial charge in [0.05, 0.1) is 5.41 Å². The second-order valence-corrected chi connectivity index (χ2v) is 5.65. The third-order valence-electron chi connectivity index (χ3n) is 4.66. The first-order valence-electron chi connectivity index (χ1n) is 6.56. The summed E-state index contributed by atoms with van der Waals surface area (Å²) in [7, 11) is 0. The van der Waals surface area contributed by atoms with Gasteiger partial charge in [-0.15, -0.1) is 0 Å². The largest absolute Gasteiger partial charge is 0.481 e. The highest BCUT2D eigenvalue weighted by Crippen LogP contribution is 2.44. The standard InChI is InChI=1S/C13H21NO3/c1-2-13(7-4-8-13)14-10(15)9-12(11(16)17)5-3-6-12/h2-9H2,1H3,(H,14,15)(H,16,17). The van der Waals surface area contributed by atoms with E-state index in [1.165, 1.54) is 0 Å². The van der Waals surface area contributed by atoms with E-state index in [9.17, 15) is 14.7 Å². The van der Waals surface area contributed by atoms with Crippen molar-refractivity contribution >= 4 is 11.9 Å². The first-order chi connectivity index (χ1) is 8.02. The molecule has 0 radical (unpaired) electrons. The lowest BCUT2D eigenvalue weighted by atomic mass is 9.66. The molecule has 0 saturated heterocycles. The number of hydrogen-bond acceptors (Lipinski definition) is 2. The van der Waals surface area contributed by atoms with E-state index in [2.05, 4.69) is 12.2 Å². The zero-order valence-electron chi connectivity index (χ0n) is 10.4. The van der Waals surface area contributed by atoms with E-state index >= 15 is 0 Å². The summed E-state index contributed by atoms with van der Waals surface area (Å²) in [6.07, 6.45) is 6.56. The molecule has 4 heteroatoms. The average Bonchev–Trinajstić information content (AvgIpc) is 2.17. The Kier molecular flexibility index (Phi) is 3.15. The molecule has 2 saturated carbocycles. The number of carbonyl (C=O) groups excluding carboxylic acids is 1. The maximum atomic E-state index is 11.9. The van der Waals surface area contributed by atoms with E-state index in [1.54, 1.807) is 0 Å². The number of hydrogen-bond donors (Lipinski definition) is 2. The van der Waals surface area contributed by atoms with Gasteiger partial charge in [-0.05, 0) is 38.5 Å². The molecule has 2 N–H and O–H groups in total. The van der Waals surface area contributed by atoms with Crippen LogP contribution in [0.4, 0.5) is 0 Å². The van der Waals surface area contributed by atoms with Crippen molar-refractivity contribution in [3.8, 4) is 0 Å². The molecule has 0 atom stereocenters. The Morgan fingerprint density at radius 1 is 1.18 bits per heavy atom. The molecule has 0 unspecified atom stereocenters. The van der Waals surface area contributed by atoms with Crippen LogP contribution in [0.5, 0.6) is 0 Å². The predicted octanol–water partition coefficient (Wildman–Crippen LogP) is 2.08. The van der Waals surface area contributed by atoms with Crippen LogP contribution in [-0.4, -0.2) is 22.5 Å². The second kappa shape index (κ2) is 4.31. The number of rotatable bonds is 5. The smallest absolute Gasteiger partial charge is 0.310 e. The second-order valence-electron chi connectivity index (χ2n) is 5.65. The molecule has 2 aliphatic rings. The van der Waals surface area contributed by atoms with Crippen LogP contribution >= 0.6 is 0 Å². The lowest BCUT2D eigenvalue weighted by molar-refractivity contribution is -0.158. The molecular formula is C13H21NO3. The zero-order chi connectivity index (χ0) is 12.5. The van der Waals surface area contributed by atoms with Crippen LogP contribution in [0.1, 0.15) is 58.3 Å². The summed E-state index contributed by atoms with van der Waals surface area (Å²) in [6, 6.07) is 0. The SMILES string of the molecule is CCC1(NC(=O)CC2(C(=O)O)CCC2)CCC1. The highest BCUT2D eigenvalue weighted by atomic mass is 16.4. The van der Waals surface area contributed by atoms with E-state index < -0.39 is 11.4 Å². The van der Waals surface area contributed by atoms with E-state index in [0.29, 0.717) is 12.8 Å². The fourth-order valence-electron chi connectivity index (χ4n) is 2.89. The summed E-state index contributed by atoms with van der Waals surface area (Å²) >= 11 is 0. The van der Waals surface area contributed by atoms with Crippen LogP contribution in [0.25, 0.3) is 0 Å². The molecule has 0 spiro atoms. The summed E-state index contributed by atoms with van der Waals surface area (Å²) < 4.78 is 0. The fraction of sp³-hybridized carbons (Fsp3) is 0.846. The number of carbonyl (C=O) groups is 2. The topological polar surface area (TPSA) is 66.4 Å². The number of aliphatic carboxylic acids is 1. The fourth-order valence-corrected chi connectivity index (χ4v) is 2.89. The molecule has 0 aromatic rings. The van der Waals surface area contributed by atoms with Gasteiger partial charge in [0.25, 0.3) is 0 Å². The lowest BCUT2D eigenvalue weighted by Crippen LogP contribution is -2.54. The van der Waals surface area contributed by atoms with Crippen LogP contribution in [0, 0.1) is 5.41 Å². The molecule has 2 rings (SSSR count). The average molecular weight is 239 g/mol. The number of carboxylic acid groups (broad SMARTS) is 1. The Morgan fingerprint density at radius 2 is 1.76 bits per heavy atom. The molecule has 96 valence electrons. The van der Waals surface area contributed by atoms with Gasteiger partial charge in [0.2, 0.25) is 5.91 Å². The predicted molar refractivity (Wildman–Crippen MR) is 63.6 cm³/mol. The third kappa shape index (κ3) is 2.17. The molecule has 2 aliphatic carbocycles. The molecule has 0 aromatic carbocycles. The van der Waals surface area contributed by atoms with Gasteiger partial charge in [0.1, 0.15) is 0 Å². The Balaban J connectivity index is 1.90. The highest BCUT2D eigenvalue weighted by molar-refractivity contribution is 5.86. The van der Waals surface area contributed by atoms with Gasteiger partial charge in [-0.1, -0.05) is 13.3 Å². The Bertz CT molecular complexity index is 324. The third-order valence-corrected chi connectivity index (χ3v) is 4.66.